The van der Waals surface area contributed by atoms with Gasteiger partial charge in [0.2, 0.25) is 0 Å². The molecule has 4 rings (SSSR count). The Labute approximate surface area is 188 Å². The fourth-order valence-electron chi connectivity index (χ4n) is 3.79. The number of rotatable bonds is 3. The van der Waals surface area contributed by atoms with E-state index in [-0.39, 0.29) is 18.3 Å². The van der Waals surface area contributed by atoms with Crippen LogP contribution in [-0.4, -0.2) is 36.8 Å². The van der Waals surface area contributed by atoms with Crippen LogP contribution in [0.15, 0.2) is 61.2 Å². The largest absolute Gasteiger partial charge is 0.494 e. The number of benzene rings is 2. The molecule has 164 valence electrons. The first-order valence-corrected chi connectivity index (χ1v) is 11.1. The van der Waals surface area contributed by atoms with E-state index in [1.165, 1.54) is 22.3 Å². The molecule has 1 saturated heterocycles. The number of hydrogen-bond acceptors (Lipinski definition) is 3. The molecule has 0 spiro atoms. The van der Waals surface area contributed by atoms with Crippen molar-refractivity contribution in [2.45, 2.75) is 58.8 Å². The maximum absolute atomic E-state index is 6.13. The minimum absolute atomic E-state index is 0.252. The van der Waals surface area contributed by atoms with Gasteiger partial charge in [0.05, 0.1) is 11.2 Å². The van der Waals surface area contributed by atoms with Gasteiger partial charge in [0, 0.05) is 13.1 Å². The summed E-state index contributed by atoms with van der Waals surface area (Å²) in [5.41, 5.74) is 6.01. The van der Waals surface area contributed by atoms with Crippen molar-refractivity contribution in [1.29, 1.82) is 0 Å². The molecule has 0 unspecified atom stereocenters. The third-order valence-corrected chi connectivity index (χ3v) is 6.56. The smallest absolute Gasteiger partial charge is 0.399 e. The normalized spacial score (nSPS) is 19.6. The fourth-order valence-corrected chi connectivity index (χ4v) is 3.79. The summed E-state index contributed by atoms with van der Waals surface area (Å²) in [5, 5.41) is 0. The van der Waals surface area contributed by atoms with Crippen molar-refractivity contribution in [1.82, 2.24) is 4.90 Å². The summed E-state index contributed by atoms with van der Waals surface area (Å²) < 4.78 is 12.3. The molecule has 0 aliphatic carbocycles. The van der Waals surface area contributed by atoms with E-state index >= 15 is 0 Å². The minimum Gasteiger partial charge on any atom is -0.399 e. The Kier molecular flexibility index (Phi) is 7.26. The van der Waals surface area contributed by atoms with Crippen LogP contribution < -0.4 is 5.46 Å². The van der Waals surface area contributed by atoms with Crippen LogP contribution >= 0.6 is 0 Å². The van der Waals surface area contributed by atoms with Crippen molar-refractivity contribution in [2.24, 2.45) is 0 Å². The monoisotopic (exact) mass is 417 g/mol. The number of likely N-dealkylation sites (N-methyl/N-ethyl adjacent to an activating group) is 1. The lowest BCUT2D eigenvalue weighted by molar-refractivity contribution is 0.00578. The highest BCUT2D eigenvalue weighted by Crippen LogP contribution is 2.36. The van der Waals surface area contributed by atoms with Gasteiger partial charge >= 0.3 is 7.12 Å². The topological polar surface area (TPSA) is 21.7 Å². The third kappa shape index (κ3) is 5.57. The van der Waals surface area contributed by atoms with Gasteiger partial charge < -0.3 is 14.2 Å². The Hall–Kier alpha value is -2.14. The predicted molar refractivity (Wildman–Crippen MR) is 133 cm³/mol. The Morgan fingerprint density at radius 1 is 1.00 bits per heavy atom. The average molecular weight is 417 g/mol. The number of nitrogens with zero attached hydrogens (tertiary/aromatic N) is 1. The van der Waals surface area contributed by atoms with E-state index < -0.39 is 0 Å². The van der Waals surface area contributed by atoms with Crippen LogP contribution in [-0.2, 0) is 22.3 Å². The van der Waals surface area contributed by atoms with Gasteiger partial charge in [-0.1, -0.05) is 67.3 Å². The number of allylic oxidation sites excluding steroid dienone is 2. The first kappa shape index (κ1) is 23.5. The molecule has 2 aromatic rings. The van der Waals surface area contributed by atoms with E-state index in [1.54, 1.807) is 6.08 Å². The molecule has 0 radical (unpaired) electrons. The summed E-state index contributed by atoms with van der Waals surface area (Å²) in [5.74, 6) is 0. The number of aryl methyl sites for hydroxylation is 1. The van der Waals surface area contributed by atoms with E-state index in [0.29, 0.717) is 0 Å². The van der Waals surface area contributed by atoms with E-state index in [0.717, 1.165) is 25.0 Å². The second kappa shape index (κ2) is 9.56. The van der Waals surface area contributed by atoms with Gasteiger partial charge in [-0.05, 0) is 75.8 Å². The van der Waals surface area contributed by atoms with Gasteiger partial charge in [-0.3, -0.25) is 0 Å². The molecule has 0 aromatic heterocycles. The van der Waals surface area contributed by atoms with Crippen LogP contribution in [0.4, 0.5) is 0 Å². The van der Waals surface area contributed by atoms with Crippen LogP contribution in [0.5, 0.6) is 0 Å². The quantitative estimate of drug-likeness (QED) is 0.508. The molecule has 31 heavy (non-hydrogen) atoms. The third-order valence-electron chi connectivity index (χ3n) is 6.56. The Bertz CT molecular complexity index is 932. The molecule has 0 N–H and O–H groups in total. The van der Waals surface area contributed by atoms with Crippen LogP contribution in [0.25, 0.3) is 6.08 Å². The van der Waals surface area contributed by atoms with E-state index in [9.17, 15) is 0 Å². The molecule has 0 saturated carbocycles. The van der Waals surface area contributed by atoms with Crippen molar-refractivity contribution in [3.8, 4) is 0 Å². The van der Waals surface area contributed by atoms with E-state index in [2.05, 4.69) is 89.6 Å². The van der Waals surface area contributed by atoms with Gasteiger partial charge in [0.15, 0.2) is 0 Å². The van der Waals surface area contributed by atoms with Crippen LogP contribution in [0.3, 0.4) is 0 Å². The van der Waals surface area contributed by atoms with E-state index in [1.807, 2.05) is 18.2 Å². The zero-order chi connectivity index (χ0) is 22.6. The molecule has 0 bridgehead atoms. The molecule has 2 aliphatic heterocycles. The molecule has 0 atom stereocenters. The highest BCUT2D eigenvalue weighted by atomic mass is 16.7. The van der Waals surface area contributed by atoms with Crippen LogP contribution in [0.2, 0.25) is 0 Å². The molecule has 3 nitrogen and oxygen atoms in total. The molecular formula is C27H36BNO2. The molecule has 4 heteroatoms. The zero-order valence-electron chi connectivity index (χ0n) is 19.9. The predicted octanol–water partition coefficient (Wildman–Crippen LogP) is 5.17. The highest BCUT2D eigenvalue weighted by Gasteiger charge is 2.51. The maximum Gasteiger partial charge on any atom is 0.494 e. The SMILES string of the molecule is C=C/C=C\c1ccccc1C.CN1CCc2ccc(B3OC(C)(C)C(C)(C)O3)cc2C1. The average Bonchev–Trinajstić information content (AvgIpc) is 2.94. The van der Waals surface area contributed by atoms with Gasteiger partial charge in [0.25, 0.3) is 0 Å². The fraction of sp³-hybridized carbons (Fsp3) is 0.407. The number of hydrogen-bond donors (Lipinski definition) is 0. The van der Waals surface area contributed by atoms with Crippen molar-refractivity contribution >= 4 is 18.7 Å². The molecule has 2 aromatic carbocycles. The van der Waals surface area contributed by atoms with Gasteiger partial charge in [-0.25, -0.2) is 0 Å². The van der Waals surface area contributed by atoms with E-state index in [4.69, 9.17) is 9.31 Å². The van der Waals surface area contributed by atoms with Gasteiger partial charge in [-0.2, -0.15) is 0 Å². The molecule has 2 aliphatic rings. The molecule has 0 amide bonds. The lowest BCUT2D eigenvalue weighted by Crippen LogP contribution is -2.41. The summed E-state index contributed by atoms with van der Waals surface area (Å²) in [6.07, 6.45) is 6.92. The van der Waals surface area contributed by atoms with Crippen LogP contribution in [0.1, 0.15) is 49.9 Å². The van der Waals surface area contributed by atoms with Gasteiger partial charge in [0.1, 0.15) is 0 Å². The molecule has 1 fully saturated rings. The summed E-state index contributed by atoms with van der Waals surface area (Å²) in [7, 11) is 1.92. The maximum atomic E-state index is 6.13. The first-order valence-electron chi connectivity index (χ1n) is 11.1. The van der Waals surface area contributed by atoms with Crippen molar-refractivity contribution in [3.63, 3.8) is 0 Å². The zero-order valence-corrected chi connectivity index (χ0v) is 19.9. The second-order valence-corrected chi connectivity index (χ2v) is 9.56. The Morgan fingerprint density at radius 2 is 1.68 bits per heavy atom. The highest BCUT2D eigenvalue weighted by molar-refractivity contribution is 6.62. The number of fused-ring (bicyclic) bond motifs is 1. The summed E-state index contributed by atoms with van der Waals surface area (Å²) in [6, 6.07) is 14.9. The Balaban J connectivity index is 0.000000210. The lowest BCUT2D eigenvalue weighted by Gasteiger charge is -2.32. The lowest BCUT2D eigenvalue weighted by atomic mass is 9.77. The minimum atomic E-state index is -0.273. The molecular weight excluding hydrogens is 381 g/mol. The first-order chi connectivity index (χ1) is 14.6. The summed E-state index contributed by atoms with van der Waals surface area (Å²) in [6.45, 7) is 16.3. The Morgan fingerprint density at radius 3 is 2.32 bits per heavy atom. The summed E-state index contributed by atoms with van der Waals surface area (Å²) >= 11 is 0. The van der Waals surface area contributed by atoms with Crippen molar-refractivity contribution in [3.05, 3.63) is 83.4 Å². The standard InChI is InChI=1S/C16H24BNO2.C11H12/c1-15(2)16(3,4)20-17(19-15)14-7-6-12-8-9-18(5)11-13(12)10-14;1-3-4-8-11-9-6-5-7-10(11)2/h6-7,10H,8-9,11H2,1-5H3;3-9H,1H2,2H3/b;8-4-. The molecule has 2 heterocycles. The van der Waals surface area contributed by atoms with Crippen molar-refractivity contribution in [2.75, 3.05) is 13.6 Å². The second-order valence-electron chi connectivity index (χ2n) is 9.56. The van der Waals surface area contributed by atoms with Crippen molar-refractivity contribution < 1.29 is 9.31 Å². The van der Waals surface area contributed by atoms with Gasteiger partial charge in [-0.15, -0.1) is 0 Å². The summed E-state index contributed by atoms with van der Waals surface area (Å²) in [4.78, 5) is 2.36. The van der Waals surface area contributed by atoms with Crippen LogP contribution in [0, 0.1) is 6.92 Å².